The van der Waals surface area contributed by atoms with Crippen LogP contribution in [0.15, 0.2) is 90.4 Å². The minimum Gasteiger partial charge on any atom is -0.365 e. The SMILES string of the molecule is C1=CC2=CC=C(CC2)N1.Cc1ccc(CCc2cccc3c2CCc2c-3ccc3c2CCC=C3)cn1. The van der Waals surface area contributed by atoms with Gasteiger partial charge in [-0.3, -0.25) is 4.98 Å². The van der Waals surface area contributed by atoms with E-state index >= 15 is 0 Å². The Bertz CT molecular complexity index is 1400. The summed E-state index contributed by atoms with van der Waals surface area (Å²) < 4.78 is 0. The molecule has 0 spiro atoms. The van der Waals surface area contributed by atoms with Gasteiger partial charge in [-0.05, 0) is 127 Å². The van der Waals surface area contributed by atoms with Crippen LogP contribution in [0.5, 0.6) is 0 Å². The van der Waals surface area contributed by atoms with Gasteiger partial charge in [0.1, 0.15) is 0 Å². The van der Waals surface area contributed by atoms with E-state index in [0.29, 0.717) is 0 Å². The van der Waals surface area contributed by atoms with Crippen LogP contribution in [-0.4, -0.2) is 4.98 Å². The molecule has 0 fully saturated rings. The van der Waals surface area contributed by atoms with Crippen LogP contribution >= 0.6 is 0 Å². The van der Waals surface area contributed by atoms with E-state index in [1.165, 1.54) is 77.6 Å². The number of fused-ring (bicyclic) bond motifs is 8. The summed E-state index contributed by atoms with van der Waals surface area (Å²) in [5.41, 5.74) is 15.8. The van der Waals surface area contributed by atoms with Gasteiger partial charge in [-0.1, -0.05) is 54.6 Å². The van der Waals surface area contributed by atoms with Crippen LogP contribution in [0.3, 0.4) is 0 Å². The third-order valence-electron chi connectivity index (χ3n) is 7.92. The second kappa shape index (κ2) is 10.1. The Labute approximate surface area is 215 Å². The zero-order valence-corrected chi connectivity index (χ0v) is 21.2. The average molecular weight is 471 g/mol. The molecule has 8 rings (SSSR count). The quantitative estimate of drug-likeness (QED) is 0.426. The van der Waals surface area contributed by atoms with Gasteiger partial charge in [0.25, 0.3) is 0 Å². The highest BCUT2D eigenvalue weighted by molar-refractivity contribution is 5.78. The zero-order valence-electron chi connectivity index (χ0n) is 21.2. The molecular formula is C34H34N2. The molecule has 0 unspecified atom stereocenters. The third kappa shape index (κ3) is 4.73. The summed E-state index contributed by atoms with van der Waals surface area (Å²) in [6, 6.07) is 15.9. The first-order chi connectivity index (χ1) is 17.7. The van der Waals surface area contributed by atoms with Crippen LogP contribution in [0.4, 0.5) is 0 Å². The summed E-state index contributed by atoms with van der Waals surface area (Å²) in [5.74, 6) is 0. The second-order valence-corrected chi connectivity index (χ2v) is 10.3. The molecule has 36 heavy (non-hydrogen) atoms. The van der Waals surface area contributed by atoms with Crippen molar-refractivity contribution in [3.63, 3.8) is 0 Å². The number of aromatic nitrogens is 1. The van der Waals surface area contributed by atoms with E-state index in [2.05, 4.69) is 83.1 Å². The number of aryl methyl sites for hydroxylation is 3. The number of hydrogen-bond acceptors (Lipinski definition) is 2. The summed E-state index contributed by atoms with van der Waals surface area (Å²) in [7, 11) is 0. The van der Waals surface area contributed by atoms with Crippen LogP contribution < -0.4 is 5.32 Å². The van der Waals surface area contributed by atoms with Gasteiger partial charge in [0, 0.05) is 23.8 Å². The molecule has 2 aliphatic heterocycles. The predicted octanol–water partition coefficient (Wildman–Crippen LogP) is 7.61. The molecule has 3 heterocycles. The Kier molecular flexibility index (Phi) is 6.42. The molecule has 2 bridgehead atoms. The Morgan fingerprint density at radius 1 is 0.778 bits per heavy atom. The average Bonchev–Trinajstić information content (AvgIpc) is 3.31. The van der Waals surface area contributed by atoms with E-state index in [-0.39, 0.29) is 0 Å². The zero-order chi connectivity index (χ0) is 24.3. The van der Waals surface area contributed by atoms with Crippen molar-refractivity contribution in [1.29, 1.82) is 0 Å². The maximum Gasteiger partial charge on any atom is 0.0372 e. The van der Waals surface area contributed by atoms with Crippen LogP contribution in [0.25, 0.3) is 17.2 Å². The van der Waals surface area contributed by atoms with Crippen molar-refractivity contribution >= 4 is 6.08 Å². The number of allylic oxidation sites excluding steroid dienone is 6. The molecule has 1 N–H and O–H groups in total. The van der Waals surface area contributed by atoms with Crippen LogP contribution in [0.1, 0.15) is 58.3 Å². The van der Waals surface area contributed by atoms with Crippen molar-refractivity contribution in [1.82, 2.24) is 10.3 Å². The van der Waals surface area contributed by atoms with Gasteiger partial charge in [0.15, 0.2) is 0 Å². The van der Waals surface area contributed by atoms with E-state index in [1.54, 1.807) is 16.7 Å². The number of nitrogens with one attached hydrogen (secondary N) is 1. The number of rotatable bonds is 3. The van der Waals surface area contributed by atoms with Crippen molar-refractivity contribution in [3.05, 3.63) is 130 Å². The fourth-order valence-corrected chi connectivity index (χ4v) is 5.90. The number of nitrogens with zero attached hydrogens (tertiary/aromatic N) is 1. The fourth-order valence-electron chi connectivity index (χ4n) is 5.90. The lowest BCUT2D eigenvalue weighted by molar-refractivity contribution is 0.858. The molecule has 2 heteroatoms. The Morgan fingerprint density at radius 2 is 1.69 bits per heavy atom. The summed E-state index contributed by atoms with van der Waals surface area (Å²) >= 11 is 0. The minimum atomic E-state index is 1.06. The largest absolute Gasteiger partial charge is 0.365 e. The molecule has 2 aromatic carbocycles. The standard InChI is InChI=1S/C26H25N.C8H9N/c1-18-9-10-19(17-27-18)11-12-21-6-4-8-24-23(21)15-16-25-22-7-3-2-5-20(22)13-14-26(24)25;1-3-8-4-2-7(1)5-6-9-8/h2,4-6,8-10,13-14,17H,3,7,11-12,15-16H2,1H3;1,3,5-6,9H,2,4H2. The number of hydrogen-bond donors (Lipinski definition) is 1. The predicted molar refractivity (Wildman–Crippen MR) is 151 cm³/mol. The molecule has 0 amide bonds. The normalized spacial score (nSPS) is 16.4. The maximum absolute atomic E-state index is 4.44. The van der Waals surface area contributed by atoms with E-state index in [9.17, 15) is 0 Å². The van der Waals surface area contributed by atoms with E-state index in [0.717, 1.165) is 18.5 Å². The highest BCUT2D eigenvalue weighted by Gasteiger charge is 2.22. The molecule has 5 aliphatic rings. The lowest BCUT2D eigenvalue weighted by Crippen LogP contribution is -2.12. The Morgan fingerprint density at radius 3 is 2.56 bits per heavy atom. The molecule has 0 radical (unpaired) electrons. The molecule has 3 aliphatic carbocycles. The first kappa shape index (κ1) is 22.8. The summed E-state index contributed by atoms with van der Waals surface area (Å²) in [4.78, 5) is 4.44. The molecule has 180 valence electrons. The molecular weight excluding hydrogens is 436 g/mol. The van der Waals surface area contributed by atoms with Gasteiger partial charge in [-0.15, -0.1) is 0 Å². The van der Waals surface area contributed by atoms with Crippen molar-refractivity contribution in [2.24, 2.45) is 0 Å². The van der Waals surface area contributed by atoms with Gasteiger partial charge in [0.05, 0.1) is 0 Å². The van der Waals surface area contributed by atoms with Crippen molar-refractivity contribution < 1.29 is 0 Å². The molecule has 0 saturated carbocycles. The van der Waals surface area contributed by atoms with E-state index < -0.39 is 0 Å². The smallest absolute Gasteiger partial charge is 0.0372 e. The number of pyridine rings is 1. The molecule has 3 aromatic rings. The fraction of sp³-hybridized carbons (Fsp3) is 0.265. The lowest BCUT2D eigenvalue weighted by Gasteiger charge is -2.27. The van der Waals surface area contributed by atoms with Crippen molar-refractivity contribution in [3.8, 4) is 11.1 Å². The van der Waals surface area contributed by atoms with Crippen LogP contribution in [-0.2, 0) is 32.1 Å². The molecule has 2 nitrogen and oxygen atoms in total. The van der Waals surface area contributed by atoms with Gasteiger partial charge < -0.3 is 5.32 Å². The second-order valence-electron chi connectivity index (χ2n) is 10.3. The Hall–Kier alpha value is -3.65. The monoisotopic (exact) mass is 470 g/mol. The maximum atomic E-state index is 4.44. The van der Waals surface area contributed by atoms with Crippen LogP contribution in [0, 0.1) is 6.92 Å². The van der Waals surface area contributed by atoms with Gasteiger partial charge in [0.2, 0.25) is 0 Å². The van der Waals surface area contributed by atoms with Gasteiger partial charge >= 0.3 is 0 Å². The molecule has 0 atom stereocenters. The van der Waals surface area contributed by atoms with Crippen molar-refractivity contribution in [2.45, 2.75) is 58.3 Å². The first-order valence-corrected chi connectivity index (χ1v) is 13.4. The summed E-state index contributed by atoms with van der Waals surface area (Å²) in [6.07, 6.45) is 24.4. The topological polar surface area (TPSA) is 24.9 Å². The Balaban J connectivity index is 0.000000223. The van der Waals surface area contributed by atoms with E-state index in [1.807, 2.05) is 19.3 Å². The molecule has 0 saturated heterocycles. The third-order valence-corrected chi connectivity index (χ3v) is 7.92. The first-order valence-electron chi connectivity index (χ1n) is 13.4. The lowest BCUT2D eigenvalue weighted by atomic mass is 9.78. The summed E-state index contributed by atoms with van der Waals surface area (Å²) in [6.45, 7) is 2.04. The van der Waals surface area contributed by atoms with Gasteiger partial charge in [-0.25, -0.2) is 0 Å². The minimum absolute atomic E-state index is 1.06. The summed E-state index contributed by atoms with van der Waals surface area (Å²) in [5, 5.41) is 3.20. The molecule has 1 aromatic heterocycles. The number of benzene rings is 2. The van der Waals surface area contributed by atoms with Crippen LogP contribution in [0.2, 0.25) is 0 Å². The van der Waals surface area contributed by atoms with E-state index in [4.69, 9.17) is 0 Å². The highest BCUT2D eigenvalue weighted by atomic mass is 14.9. The van der Waals surface area contributed by atoms with Crippen molar-refractivity contribution in [2.75, 3.05) is 0 Å². The van der Waals surface area contributed by atoms with Gasteiger partial charge in [-0.2, -0.15) is 0 Å². The highest BCUT2D eigenvalue weighted by Crippen LogP contribution is 2.39.